The lowest BCUT2D eigenvalue weighted by atomic mass is 9.81. The van der Waals surface area contributed by atoms with Gasteiger partial charge in [-0.15, -0.1) is 6.58 Å². The van der Waals surface area contributed by atoms with Crippen LogP contribution in [0, 0.1) is 5.92 Å². The summed E-state index contributed by atoms with van der Waals surface area (Å²) in [5.74, 6) is 0.880. The molecule has 0 aromatic heterocycles. The van der Waals surface area contributed by atoms with Crippen molar-refractivity contribution >= 4 is 5.78 Å². The fourth-order valence-corrected chi connectivity index (χ4v) is 2.42. The first-order valence-electron chi connectivity index (χ1n) is 6.10. The zero-order valence-corrected chi connectivity index (χ0v) is 9.80. The minimum Gasteiger partial charge on any atom is -0.295 e. The van der Waals surface area contributed by atoms with E-state index in [-0.39, 0.29) is 0 Å². The minimum atomic E-state index is 0.337. The first kappa shape index (κ1) is 12.2. The van der Waals surface area contributed by atoms with E-state index in [1.807, 2.05) is 19.1 Å². The summed E-state index contributed by atoms with van der Waals surface area (Å²) < 4.78 is 0. The van der Waals surface area contributed by atoms with E-state index in [0.717, 1.165) is 12.0 Å². The number of ketones is 1. The van der Waals surface area contributed by atoms with Crippen LogP contribution in [0.2, 0.25) is 0 Å². The number of allylic oxidation sites excluding steroid dienone is 3. The van der Waals surface area contributed by atoms with Gasteiger partial charge in [0.1, 0.15) is 0 Å². The molecule has 0 atom stereocenters. The van der Waals surface area contributed by atoms with E-state index in [1.54, 1.807) is 0 Å². The third-order valence-electron chi connectivity index (χ3n) is 3.25. The summed E-state index contributed by atoms with van der Waals surface area (Å²) in [6.45, 7) is 5.65. The van der Waals surface area contributed by atoms with Gasteiger partial charge in [0.2, 0.25) is 0 Å². The molecular weight excluding hydrogens is 184 g/mol. The number of carbonyl (C=O) groups excluding carboxylic acids is 1. The Morgan fingerprint density at radius 1 is 1.33 bits per heavy atom. The van der Waals surface area contributed by atoms with Crippen LogP contribution in [0.3, 0.4) is 0 Å². The molecule has 0 saturated heterocycles. The van der Waals surface area contributed by atoms with E-state index >= 15 is 0 Å². The molecule has 0 aromatic rings. The molecule has 1 nitrogen and oxygen atoms in total. The van der Waals surface area contributed by atoms with Crippen molar-refractivity contribution in [1.82, 2.24) is 0 Å². The molecule has 1 saturated carbocycles. The number of Topliss-reactive ketones (excluding diaryl/α,β-unsaturated/α-hetero) is 1. The van der Waals surface area contributed by atoms with Gasteiger partial charge in [-0.3, -0.25) is 4.79 Å². The highest BCUT2D eigenvalue weighted by atomic mass is 16.1. The van der Waals surface area contributed by atoms with Crippen molar-refractivity contribution in [2.45, 2.75) is 51.9 Å². The summed E-state index contributed by atoms with van der Waals surface area (Å²) in [4.78, 5) is 11.9. The van der Waals surface area contributed by atoms with Gasteiger partial charge in [0, 0.05) is 6.42 Å². The maximum absolute atomic E-state index is 11.9. The van der Waals surface area contributed by atoms with Crippen LogP contribution in [0.25, 0.3) is 0 Å². The van der Waals surface area contributed by atoms with Crippen molar-refractivity contribution in [2.75, 3.05) is 0 Å². The molecule has 1 fully saturated rings. The molecule has 0 radical (unpaired) electrons. The predicted octanol–water partition coefficient (Wildman–Crippen LogP) is 4.05. The molecule has 0 aliphatic heterocycles. The van der Waals surface area contributed by atoms with Gasteiger partial charge in [-0.2, -0.15) is 0 Å². The maximum Gasteiger partial charge on any atom is 0.159 e. The van der Waals surface area contributed by atoms with Crippen LogP contribution in [0.1, 0.15) is 51.9 Å². The number of carbonyl (C=O) groups is 1. The SMILES string of the molecule is C=CCCC(=O)/C(=C/C)C1CCCCC1. The van der Waals surface area contributed by atoms with Crippen molar-refractivity contribution in [3.8, 4) is 0 Å². The van der Waals surface area contributed by atoms with E-state index in [1.165, 1.54) is 32.1 Å². The molecule has 0 spiro atoms. The number of hydrogen-bond donors (Lipinski definition) is 0. The van der Waals surface area contributed by atoms with Gasteiger partial charge in [-0.05, 0) is 37.7 Å². The Morgan fingerprint density at radius 2 is 2.00 bits per heavy atom. The fraction of sp³-hybridized carbons (Fsp3) is 0.643. The van der Waals surface area contributed by atoms with Crippen molar-refractivity contribution in [3.63, 3.8) is 0 Å². The topological polar surface area (TPSA) is 17.1 Å². The molecule has 1 aliphatic rings. The Morgan fingerprint density at radius 3 is 2.53 bits per heavy atom. The van der Waals surface area contributed by atoms with Crippen LogP contribution < -0.4 is 0 Å². The quantitative estimate of drug-likeness (QED) is 0.490. The Kier molecular flexibility index (Phi) is 5.38. The minimum absolute atomic E-state index is 0.337. The molecule has 1 heteroatoms. The fourth-order valence-electron chi connectivity index (χ4n) is 2.42. The highest BCUT2D eigenvalue weighted by Gasteiger charge is 2.21. The molecule has 0 N–H and O–H groups in total. The largest absolute Gasteiger partial charge is 0.295 e. The van der Waals surface area contributed by atoms with E-state index in [4.69, 9.17) is 0 Å². The molecule has 0 unspecified atom stereocenters. The molecule has 0 heterocycles. The summed E-state index contributed by atoms with van der Waals surface area (Å²) >= 11 is 0. The Balaban J connectivity index is 2.53. The zero-order valence-electron chi connectivity index (χ0n) is 9.80. The first-order valence-corrected chi connectivity index (χ1v) is 6.10. The van der Waals surface area contributed by atoms with Crippen LogP contribution in [0.15, 0.2) is 24.3 Å². The standard InChI is InChI=1S/C14H22O/c1-3-5-11-14(15)13(4-2)12-9-7-6-8-10-12/h3-4,12H,1,5-11H2,2H3/b13-4+. The monoisotopic (exact) mass is 206 g/mol. The van der Waals surface area contributed by atoms with Crippen molar-refractivity contribution in [2.24, 2.45) is 5.92 Å². The lowest BCUT2D eigenvalue weighted by molar-refractivity contribution is -0.116. The lowest BCUT2D eigenvalue weighted by Gasteiger charge is -2.23. The number of hydrogen-bond acceptors (Lipinski definition) is 1. The van der Waals surface area contributed by atoms with E-state index in [2.05, 4.69) is 6.58 Å². The maximum atomic E-state index is 11.9. The molecule has 0 amide bonds. The second kappa shape index (κ2) is 6.60. The van der Waals surface area contributed by atoms with Crippen molar-refractivity contribution < 1.29 is 4.79 Å². The Labute approximate surface area is 93.3 Å². The molecule has 1 aliphatic carbocycles. The predicted molar refractivity (Wildman–Crippen MR) is 64.8 cm³/mol. The van der Waals surface area contributed by atoms with Gasteiger partial charge in [-0.25, -0.2) is 0 Å². The molecular formula is C14H22O. The second-order valence-electron chi connectivity index (χ2n) is 4.33. The van der Waals surface area contributed by atoms with Crippen molar-refractivity contribution in [1.29, 1.82) is 0 Å². The van der Waals surface area contributed by atoms with Gasteiger partial charge in [0.15, 0.2) is 5.78 Å². The van der Waals surface area contributed by atoms with Gasteiger partial charge in [-0.1, -0.05) is 31.4 Å². The van der Waals surface area contributed by atoms with Crippen LogP contribution in [-0.2, 0) is 4.79 Å². The molecule has 1 rings (SSSR count). The summed E-state index contributed by atoms with van der Waals surface area (Å²) in [6, 6.07) is 0. The molecule has 0 bridgehead atoms. The van der Waals surface area contributed by atoms with E-state index < -0.39 is 0 Å². The van der Waals surface area contributed by atoms with Crippen LogP contribution in [-0.4, -0.2) is 5.78 Å². The van der Waals surface area contributed by atoms with Gasteiger partial charge >= 0.3 is 0 Å². The summed E-state index contributed by atoms with van der Waals surface area (Å²) in [6.07, 6.45) is 11.6. The Hall–Kier alpha value is -0.850. The highest BCUT2D eigenvalue weighted by molar-refractivity contribution is 5.95. The van der Waals surface area contributed by atoms with Crippen LogP contribution >= 0.6 is 0 Å². The van der Waals surface area contributed by atoms with E-state index in [9.17, 15) is 4.79 Å². The van der Waals surface area contributed by atoms with Gasteiger partial charge in [0.25, 0.3) is 0 Å². The Bertz CT molecular complexity index is 244. The third kappa shape index (κ3) is 3.65. The van der Waals surface area contributed by atoms with Gasteiger partial charge in [0.05, 0.1) is 0 Å². The van der Waals surface area contributed by atoms with Crippen LogP contribution in [0.4, 0.5) is 0 Å². The second-order valence-corrected chi connectivity index (χ2v) is 4.33. The number of rotatable bonds is 5. The van der Waals surface area contributed by atoms with Crippen LogP contribution in [0.5, 0.6) is 0 Å². The lowest BCUT2D eigenvalue weighted by Crippen LogP contribution is -2.16. The normalized spacial score (nSPS) is 18.9. The average Bonchev–Trinajstić information content (AvgIpc) is 2.29. The molecule has 0 aromatic carbocycles. The molecule has 15 heavy (non-hydrogen) atoms. The average molecular weight is 206 g/mol. The molecule has 84 valence electrons. The first-order chi connectivity index (χ1) is 7.29. The van der Waals surface area contributed by atoms with Gasteiger partial charge < -0.3 is 0 Å². The summed E-state index contributed by atoms with van der Waals surface area (Å²) in [7, 11) is 0. The van der Waals surface area contributed by atoms with Crippen molar-refractivity contribution in [3.05, 3.63) is 24.3 Å². The summed E-state index contributed by atoms with van der Waals surface area (Å²) in [5, 5.41) is 0. The smallest absolute Gasteiger partial charge is 0.159 e. The summed E-state index contributed by atoms with van der Waals surface area (Å²) in [5.41, 5.74) is 1.08. The van der Waals surface area contributed by atoms with E-state index in [0.29, 0.717) is 18.1 Å². The zero-order chi connectivity index (χ0) is 11.1. The highest BCUT2D eigenvalue weighted by Crippen LogP contribution is 2.30. The third-order valence-corrected chi connectivity index (χ3v) is 3.25.